The van der Waals surface area contributed by atoms with Gasteiger partial charge in [-0.1, -0.05) is 11.6 Å². The molecule has 6 rings (SSSR count). The Bertz CT molecular complexity index is 2260. The van der Waals surface area contributed by atoms with Crippen LogP contribution in [0.1, 0.15) is 53.6 Å². The van der Waals surface area contributed by atoms with Gasteiger partial charge >= 0.3 is 6.18 Å². The average molecular weight is 716 g/mol. The van der Waals surface area contributed by atoms with E-state index in [1.54, 1.807) is 18.2 Å². The van der Waals surface area contributed by atoms with Crippen molar-refractivity contribution in [2.75, 3.05) is 19.5 Å². The number of ether oxygens (including phenoxy) is 2. The molecule has 0 aliphatic carbocycles. The Hall–Kier alpha value is -5.74. The van der Waals surface area contributed by atoms with Crippen LogP contribution in [0.25, 0.3) is 11.0 Å². The van der Waals surface area contributed by atoms with Gasteiger partial charge in [0.1, 0.15) is 28.7 Å². The fraction of sp³-hybridized carbons (Fsp3) is 0.152. The number of alkyl halides is 3. The van der Waals surface area contributed by atoms with E-state index in [1.807, 2.05) is 0 Å². The molecule has 11 nitrogen and oxygen atoms in total. The highest BCUT2D eigenvalue weighted by molar-refractivity contribution is 6.31. The number of hydrogen-bond acceptors (Lipinski definition) is 7. The monoisotopic (exact) mass is 715 g/mol. The van der Waals surface area contributed by atoms with Gasteiger partial charge in [-0.25, -0.2) is 13.8 Å². The van der Waals surface area contributed by atoms with Crippen molar-refractivity contribution in [1.29, 1.82) is 0 Å². The molecule has 1 aromatic heterocycles. The number of primary amides is 1. The van der Waals surface area contributed by atoms with Gasteiger partial charge in [-0.3, -0.25) is 14.4 Å². The zero-order valence-electron chi connectivity index (χ0n) is 25.7. The summed E-state index contributed by atoms with van der Waals surface area (Å²) in [6.45, 7) is -0.172. The van der Waals surface area contributed by atoms with E-state index in [4.69, 9.17) is 26.8 Å². The van der Waals surface area contributed by atoms with Gasteiger partial charge in [0, 0.05) is 33.3 Å². The predicted molar refractivity (Wildman–Crippen MR) is 168 cm³/mol. The van der Waals surface area contributed by atoms with Gasteiger partial charge in [-0.2, -0.15) is 13.2 Å². The molecule has 0 saturated carbocycles. The molecular weight excluding hydrogens is 693 g/mol. The molecule has 0 spiro atoms. The van der Waals surface area contributed by atoms with Gasteiger partial charge in [-0.15, -0.1) is 0 Å². The van der Waals surface area contributed by atoms with Crippen LogP contribution in [0.3, 0.4) is 0 Å². The summed E-state index contributed by atoms with van der Waals surface area (Å²) in [7, 11) is 2.83. The molecule has 3 amide bonds. The molecule has 0 bridgehead atoms. The molecule has 258 valence electrons. The molecule has 5 aromatic rings. The molecule has 50 heavy (non-hydrogen) atoms. The van der Waals surface area contributed by atoms with Crippen molar-refractivity contribution in [3.8, 4) is 11.5 Å². The fourth-order valence-corrected chi connectivity index (χ4v) is 6.05. The molecule has 17 heteroatoms. The number of aromatic nitrogens is 2. The summed E-state index contributed by atoms with van der Waals surface area (Å²) < 4.78 is 81.3. The first kappa shape index (κ1) is 34.1. The molecule has 0 radical (unpaired) electrons. The van der Waals surface area contributed by atoms with Crippen LogP contribution in [0.5, 0.6) is 11.5 Å². The molecule has 0 fully saturated rings. The van der Waals surface area contributed by atoms with Crippen LogP contribution in [0.4, 0.5) is 27.6 Å². The Labute approximate surface area is 283 Å². The number of halogens is 6. The number of nitrogens with zero attached hydrogens (tertiary/aromatic N) is 2. The number of imidazole rings is 1. The summed E-state index contributed by atoms with van der Waals surface area (Å²) in [4.78, 5) is 44.2. The van der Waals surface area contributed by atoms with Gasteiger partial charge in [0.2, 0.25) is 0 Å². The van der Waals surface area contributed by atoms with E-state index in [0.29, 0.717) is 29.2 Å². The number of rotatable bonds is 8. The van der Waals surface area contributed by atoms with Crippen molar-refractivity contribution in [3.05, 3.63) is 117 Å². The zero-order chi connectivity index (χ0) is 36.3. The molecule has 1 aliphatic rings. The van der Waals surface area contributed by atoms with Crippen LogP contribution in [-0.4, -0.2) is 46.6 Å². The van der Waals surface area contributed by atoms with E-state index in [1.165, 1.54) is 24.9 Å². The molecule has 2 heterocycles. The van der Waals surface area contributed by atoms with E-state index in [9.17, 15) is 41.4 Å². The third kappa shape index (κ3) is 5.81. The Balaban J connectivity index is 1.63. The number of nitrogens with two attached hydrogens (primary N) is 1. The number of methoxy groups -OCH3 is 2. The van der Waals surface area contributed by atoms with Crippen LogP contribution in [0, 0.1) is 11.6 Å². The summed E-state index contributed by atoms with van der Waals surface area (Å²) in [5, 5.41) is 16.5. The highest BCUT2D eigenvalue weighted by Crippen LogP contribution is 2.46. The molecular formula is C33H23ClF5N5O6. The number of aliphatic hydroxyl groups is 1. The van der Waals surface area contributed by atoms with Gasteiger partial charge in [-0.05, 0) is 54.6 Å². The second kappa shape index (κ2) is 12.3. The zero-order valence-corrected chi connectivity index (χ0v) is 26.5. The predicted octanol–water partition coefficient (Wildman–Crippen LogP) is 5.34. The number of nitrogens with one attached hydrogen (secondary N) is 2. The van der Waals surface area contributed by atoms with Crippen molar-refractivity contribution in [2.24, 2.45) is 5.73 Å². The maximum absolute atomic E-state index is 14.5. The maximum Gasteiger partial charge on any atom is 0.416 e. The average Bonchev–Trinajstić information content (AvgIpc) is 3.56. The fourth-order valence-electron chi connectivity index (χ4n) is 5.80. The Morgan fingerprint density at radius 3 is 2.44 bits per heavy atom. The number of anilines is 1. The SMILES string of the molecule is COc1ccc(Cn2c(C(N)=O)nc3c4c(c(NC(=O)c5cc(F)cc(C(F)(F)F)c5)cc32)C(O)(c2cc(F)ccc2Cl)NC4=O)c(OC)c1. The van der Waals surface area contributed by atoms with E-state index in [2.05, 4.69) is 15.6 Å². The van der Waals surface area contributed by atoms with E-state index < -0.39 is 69.2 Å². The van der Waals surface area contributed by atoms with Crippen molar-refractivity contribution in [1.82, 2.24) is 14.9 Å². The molecule has 1 atom stereocenters. The van der Waals surface area contributed by atoms with E-state index in [-0.39, 0.29) is 40.1 Å². The minimum absolute atomic E-state index is 0.0225. The topological polar surface area (TPSA) is 158 Å². The molecule has 0 saturated heterocycles. The number of amides is 3. The lowest BCUT2D eigenvalue weighted by Crippen LogP contribution is -2.41. The smallest absolute Gasteiger partial charge is 0.416 e. The normalized spacial score (nSPS) is 15.5. The minimum Gasteiger partial charge on any atom is -0.497 e. The molecule has 1 unspecified atom stereocenters. The lowest BCUT2D eigenvalue weighted by molar-refractivity contribution is -0.137. The summed E-state index contributed by atoms with van der Waals surface area (Å²) >= 11 is 6.33. The van der Waals surface area contributed by atoms with Crippen molar-refractivity contribution < 1.29 is 50.9 Å². The number of benzene rings is 4. The van der Waals surface area contributed by atoms with Crippen LogP contribution in [0.2, 0.25) is 5.02 Å². The van der Waals surface area contributed by atoms with E-state index >= 15 is 0 Å². The van der Waals surface area contributed by atoms with Crippen molar-refractivity contribution >= 4 is 46.0 Å². The summed E-state index contributed by atoms with van der Waals surface area (Å²) in [6.07, 6.45) is -5.01. The standard InChI is InChI=1S/C33H23ClF5N5O6/c1-49-19-5-3-14(24(11-19)50-2)13-44-23-12-22(41-30(46)15-7-16(33(37,38)39)9-18(36)8-15)26-25(27(23)42-29(44)28(40)45)31(47)43-32(26,48)20-10-17(35)4-6-21(20)34/h3-12,48H,13H2,1-2H3,(H2,40,45)(H,41,46)(H,43,47). The molecule has 4 aromatic carbocycles. The highest BCUT2D eigenvalue weighted by atomic mass is 35.5. The van der Waals surface area contributed by atoms with Gasteiger partial charge in [0.05, 0.1) is 43.1 Å². The van der Waals surface area contributed by atoms with Crippen LogP contribution in [0.15, 0.2) is 60.7 Å². The van der Waals surface area contributed by atoms with Crippen LogP contribution >= 0.6 is 11.6 Å². The number of carbonyl (C=O) groups excluding carboxylic acids is 3. The van der Waals surface area contributed by atoms with Crippen molar-refractivity contribution in [2.45, 2.75) is 18.4 Å². The van der Waals surface area contributed by atoms with Crippen LogP contribution in [-0.2, 0) is 18.4 Å². The largest absolute Gasteiger partial charge is 0.497 e. The number of fused-ring (bicyclic) bond motifs is 3. The van der Waals surface area contributed by atoms with E-state index in [0.717, 1.165) is 18.2 Å². The summed E-state index contributed by atoms with van der Waals surface area (Å²) in [6, 6.07) is 10.0. The third-order valence-corrected chi connectivity index (χ3v) is 8.35. The quantitative estimate of drug-likeness (QED) is 0.158. The number of carbonyl (C=O) groups is 3. The first-order valence-corrected chi connectivity index (χ1v) is 14.7. The first-order valence-electron chi connectivity index (χ1n) is 14.3. The number of hydrogen-bond donors (Lipinski definition) is 4. The van der Waals surface area contributed by atoms with Gasteiger partial charge in [0.15, 0.2) is 11.5 Å². The summed E-state index contributed by atoms with van der Waals surface area (Å²) in [5.41, 5.74) is -0.649. The highest BCUT2D eigenvalue weighted by Gasteiger charge is 2.48. The lowest BCUT2D eigenvalue weighted by atomic mass is 9.91. The second-order valence-electron chi connectivity index (χ2n) is 11.1. The van der Waals surface area contributed by atoms with Crippen LogP contribution < -0.4 is 25.8 Å². The van der Waals surface area contributed by atoms with Gasteiger partial charge < -0.3 is 35.5 Å². The van der Waals surface area contributed by atoms with Crippen molar-refractivity contribution in [3.63, 3.8) is 0 Å². The Morgan fingerprint density at radius 1 is 1.04 bits per heavy atom. The maximum atomic E-state index is 14.5. The minimum atomic E-state index is -5.01. The third-order valence-electron chi connectivity index (χ3n) is 8.02. The second-order valence-corrected chi connectivity index (χ2v) is 11.5. The lowest BCUT2D eigenvalue weighted by Gasteiger charge is -2.27. The molecule has 5 N–H and O–H groups in total. The Morgan fingerprint density at radius 2 is 1.78 bits per heavy atom. The summed E-state index contributed by atoms with van der Waals surface area (Å²) in [5.74, 6) is -5.22. The van der Waals surface area contributed by atoms with Gasteiger partial charge in [0.25, 0.3) is 17.7 Å². The first-order chi connectivity index (χ1) is 23.5. The Kier molecular flexibility index (Phi) is 8.40. The molecule has 1 aliphatic heterocycles.